The van der Waals surface area contributed by atoms with Gasteiger partial charge in [0.15, 0.2) is 5.65 Å². The van der Waals surface area contributed by atoms with Gasteiger partial charge in [0, 0.05) is 12.3 Å². The molecule has 1 aromatic carbocycles. The minimum atomic E-state index is 1.00. The third-order valence-corrected chi connectivity index (χ3v) is 3.28. The predicted molar refractivity (Wildman–Crippen MR) is 70.3 cm³/mol. The number of fused-ring (bicyclic) bond motifs is 3. The SMILES string of the molecule is CCCCCc1cccc2c1nc1cc[nH]n12. The lowest BCUT2D eigenvalue weighted by Gasteiger charge is -2.01. The Morgan fingerprint density at radius 2 is 2.18 bits per heavy atom. The molecule has 0 spiro atoms. The number of aromatic amines is 1. The van der Waals surface area contributed by atoms with Gasteiger partial charge in [0.25, 0.3) is 0 Å². The lowest BCUT2D eigenvalue weighted by Crippen LogP contribution is -1.88. The average molecular weight is 227 g/mol. The van der Waals surface area contributed by atoms with Crippen molar-refractivity contribution in [1.82, 2.24) is 14.6 Å². The standard InChI is InChI=1S/C14H17N3/c1-2-3-4-6-11-7-5-8-12-14(11)16-13-9-10-15-17(12)13/h5,7-10,15H,2-4,6H2,1H3. The summed E-state index contributed by atoms with van der Waals surface area (Å²) in [5.41, 5.74) is 4.70. The lowest BCUT2D eigenvalue weighted by molar-refractivity contribution is 0.719. The summed E-state index contributed by atoms with van der Waals surface area (Å²) in [4.78, 5) is 4.69. The molecular formula is C14H17N3. The topological polar surface area (TPSA) is 33.1 Å². The number of imidazole rings is 1. The van der Waals surface area contributed by atoms with Crippen molar-refractivity contribution in [2.75, 3.05) is 0 Å². The van der Waals surface area contributed by atoms with Crippen LogP contribution in [0.25, 0.3) is 16.7 Å². The van der Waals surface area contributed by atoms with E-state index in [2.05, 4.69) is 35.2 Å². The van der Waals surface area contributed by atoms with Gasteiger partial charge in [-0.3, -0.25) is 5.10 Å². The lowest BCUT2D eigenvalue weighted by atomic mass is 10.1. The monoisotopic (exact) mass is 227 g/mol. The van der Waals surface area contributed by atoms with Crippen LogP contribution in [0.3, 0.4) is 0 Å². The van der Waals surface area contributed by atoms with Crippen molar-refractivity contribution >= 4 is 16.7 Å². The Labute approximate surface area is 100 Å². The molecule has 17 heavy (non-hydrogen) atoms. The number of nitrogens with zero attached hydrogens (tertiary/aromatic N) is 2. The Balaban J connectivity index is 2.05. The molecule has 0 fully saturated rings. The summed E-state index contributed by atoms with van der Waals surface area (Å²) >= 11 is 0. The Hall–Kier alpha value is -1.77. The number of hydrogen-bond acceptors (Lipinski definition) is 1. The molecule has 2 aromatic heterocycles. The summed E-state index contributed by atoms with van der Waals surface area (Å²) in [7, 11) is 0. The van der Waals surface area contributed by atoms with Crippen LogP contribution in [0, 0.1) is 0 Å². The number of H-pyrrole nitrogens is 1. The van der Waals surface area contributed by atoms with E-state index in [1.165, 1.54) is 30.3 Å². The number of benzene rings is 1. The van der Waals surface area contributed by atoms with Crippen molar-refractivity contribution in [3.8, 4) is 0 Å². The summed E-state index contributed by atoms with van der Waals surface area (Å²) in [6.07, 6.45) is 6.86. The van der Waals surface area contributed by atoms with E-state index in [0.29, 0.717) is 0 Å². The Morgan fingerprint density at radius 3 is 3.06 bits per heavy atom. The highest BCUT2D eigenvalue weighted by Gasteiger charge is 2.08. The van der Waals surface area contributed by atoms with Crippen LogP contribution < -0.4 is 0 Å². The van der Waals surface area contributed by atoms with Crippen molar-refractivity contribution < 1.29 is 0 Å². The Morgan fingerprint density at radius 1 is 1.24 bits per heavy atom. The summed E-state index contributed by atoms with van der Waals surface area (Å²) in [6.45, 7) is 2.24. The normalized spacial score (nSPS) is 11.6. The zero-order chi connectivity index (χ0) is 11.7. The maximum Gasteiger partial charge on any atom is 0.154 e. The first-order valence-electron chi connectivity index (χ1n) is 6.33. The van der Waals surface area contributed by atoms with Crippen LogP contribution in [0.2, 0.25) is 0 Å². The highest BCUT2D eigenvalue weighted by atomic mass is 15.3. The molecule has 3 rings (SSSR count). The van der Waals surface area contributed by atoms with E-state index in [0.717, 1.165) is 17.6 Å². The number of nitrogens with one attached hydrogen (secondary N) is 1. The third kappa shape index (κ3) is 1.71. The fourth-order valence-corrected chi connectivity index (χ4v) is 2.38. The van der Waals surface area contributed by atoms with Crippen LogP contribution in [0.1, 0.15) is 31.7 Å². The zero-order valence-electron chi connectivity index (χ0n) is 10.1. The average Bonchev–Trinajstić information content (AvgIpc) is 2.90. The van der Waals surface area contributed by atoms with E-state index < -0.39 is 0 Å². The molecule has 1 N–H and O–H groups in total. The van der Waals surface area contributed by atoms with Gasteiger partial charge in [-0.15, -0.1) is 0 Å². The van der Waals surface area contributed by atoms with Crippen LogP contribution in [0.15, 0.2) is 30.5 Å². The number of rotatable bonds is 4. The first-order chi connectivity index (χ1) is 8.40. The van der Waals surface area contributed by atoms with Gasteiger partial charge in [-0.25, -0.2) is 9.50 Å². The van der Waals surface area contributed by atoms with Crippen LogP contribution in [0.4, 0.5) is 0 Å². The molecule has 3 heteroatoms. The molecule has 0 unspecified atom stereocenters. The number of aryl methyl sites for hydroxylation is 1. The van der Waals surface area contributed by atoms with E-state index in [-0.39, 0.29) is 0 Å². The molecule has 0 amide bonds. The molecule has 3 nitrogen and oxygen atoms in total. The van der Waals surface area contributed by atoms with Crippen LogP contribution in [0.5, 0.6) is 0 Å². The van der Waals surface area contributed by atoms with E-state index in [9.17, 15) is 0 Å². The number of hydrogen-bond donors (Lipinski definition) is 1. The van der Waals surface area contributed by atoms with E-state index >= 15 is 0 Å². The largest absolute Gasteiger partial charge is 0.299 e. The van der Waals surface area contributed by atoms with E-state index in [4.69, 9.17) is 0 Å². The first kappa shape index (κ1) is 10.4. The predicted octanol–water partition coefficient (Wildman–Crippen LogP) is 3.55. The van der Waals surface area contributed by atoms with Crippen molar-refractivity contribution in [3.05, 3.63) is 36.0 Å². The second-order valence-corrected chi connectivity index (χ2v) is 4.51. The van der Waals surface area contributed by atoms with Gasteiger partial charge in [-0.2, -0.15) is 0 Å². The molecule has 88 valence electrons. The maximum atomic E-state index is 4.69. The molecule has 3 aromatic rings. The van der Waals surface area contributed by atoms with Gasteiger partial charge in [0.05, 0.1) is 11.0 Å². The van der Waals surface area contributed by atoms with Gasteiger partial charge >= 0.3 is 0 Å². The zero-order valence-corrected chi connectivity index (χ0v) is 10.1. The Kier molecular flexibility index (Phi) is 2.59. The van der Waals surface area contributed by atoms with Gasteiger partial charge in [0.1, 0.15) is 0 Å². The van der Waals surface area contributed by atoms with E-state index in [1.807, 2.05) is 16.8 Å². The third-order valence-electron chi connectivity index (χ3n) is 3.28. The molecule has 2 heterocycles. The van der Waals surface area contributed by atoms with Crippen molar-refractivity contribution in [3.63, 3.8) is 0 Å². The Bertz CT molecular complexity index is 633. The molecule has 0 radical (unpaired) electrons. The first-order valence-corrected chi connectivity index (χ1v) is 6.33. The molecule has 0 aliphatic carbocycles. The summed E-state index contributed by atoms with van der Waals surface area (Å²) in [5.74, 6) is 0. The molecular weight excluding hydrogens is 210 g/mol. The van der Waals surface area contributed by atoms with Crippen molar-refractivity contribution in [2.45, 2.75) is 32.6 Å². The van der Waals surface area contributed by atoms with E-state index in [1.54, 1.807) is 0 Å². The fraction of sp³-hybridized carbons (Fsp3) is 0.357. The van der Waals surface area contributed by atoms with Gasteiger partial charge in [-0.1, -0.05) is 31.9 Å². The minimum absolute atomic E-state index is 1.00. The summed E-state index contributed by atoms with van der Waals surface area (Å²) in [6, 6.07) is 8.45. The molecule has 0 aliphatic heterocycles. The number of aromatic nitrogens is 3. The molecule has 0 atom stereocenters. The highest BCUT2D eigenvalue weighted by Crippen LogP contribution is 2.21. The van der Waals surface area contributed by atoms with Crippen LogP contribution in [-0.2, 0) is 6.42 Å². The van der Waals surface area contributed by atoms with Crippen LogP contribution >= 0.6 is 0 Å². The molecule has 0 saturated carbocycles. The summed E-state index contributed by atoms with van der Waals surface area (Å²) in [5, 5.41) is 3.19. The van der Waals surface area contributed by atoms with Crippen molar-refractivity contribution in [2.24, 2.45) is 0 Å². The second-order valence-electron chi connectivity index (χ2n) is 4.51. The summed E-state index contributed by atoms with van der Waals surface area (Å²) < 4.78 is 2.04. The second kappa shape index (κ2) is 4.24. The van der Waals surface area contributed by atoms with Crippen molar-refractivity contribution in [1.29, 1.82) is 0 Å². The maximum absolute atomic E-state index is 4.69. The molecule has 0 saturated heterocycles. The molecule has 0 aliphatic rings. The molecule has 0 bridgehead atoms. The van der Waals surface area contributed by atoms with Gasteiger partial charge in [0.2, 0.25) is 0 Å². The quantitative estimate of drug-likeness (QED) is 0.679. The van der Waals surface area contributed by atoms with Crippen LogP contribution in [-0.4, -0.2) is 14.6 Å². The number of unbranched alkanes of at least 4 members (excludes halogenated alkanes) is 2. The smallest absolute Gasteiger partial charge is 0.154 e. The van der Waals surface area contributed by atoms with Gasteiger partial charge in [-0.05, 0) is 24.5 Å². The fourth-order valence-electron chi connectivity index (χ4n) is 2.38. The number of para-hydroxylation sites is 1. The van der Waals surface area contributed by atoms with Gasteiger partial charge < -0.3 is 0 Å². The highest BCUT2D eigenvalue weighted by molar-refractivity contribution is 5.83. The minimum Gasteiger partial charge on any atom is -0.299 e.